The van der Waals surface area contributed by atoms with E-state index in [2.05, 4.69) is 21.3 Å². The van der Waals surface area contributed by atoms with Crippen molar-refractivity contribution in [2.45, 2.75) is 43.6 Å². The van der Waals surface area contributed by atoms with Crippen LogP contribution in [0.5, 0.6) is 5.75 Å². The maximum Gasteiger partial charge on any atom is 0.387 e. The van der Waals surface area contributed by atoms with Crippen LogP contribution in [0.1, 0.15) is 37.7 Å². The number of alkyl halides is 2. The Labute approximate surface area is 170 Å². The van der Waals surface area contributed by atoms with E-state index in [9.17, 15) is 17.2 Å². The van der Waals surface area contributed by atoms with Crippen LogP contribution in [0.3, 0.4) is 0 Å². The van der Waals surface area contributed by atoms with Crippen molar-refractivity contribution in [2.75, 3.05) is 24.4 Å². The van der Waals surface area contributed by atoms with Gasteiger partial charge in [0.15, 0.2) is 0 Å². The Hall–Kier alpha value is -2.19. The van der Waals surface area contributed by atoms with Crippen LogP contribution in [0, 0.1) is 0 Å². The molecule has 5 nitrogen and oxygen atoms in total. The number of nitrogens with zero attached hydrogens (tertiary/aromatic N) is 1. The summed E-state index contributed by atoms with van der Waals surface area (Å²) in [7, 11) is -3.81. The Balaban J connectivity index is 1.65. The molecule has 158 valence electrons. The van der Waals surface area contributed by atoms with E-state index in [4.69, 9.17) is 0 Å². The van der Waals surface area contributed by atoms with E-state index in [1.54, 1.807) is 12.1 Å². The first-order valence-electron chi connectivity index (χ1n) is 9.77. The van der Waals surface area contributed by atoms with Gasteiger partial charge in [-0.15, -0.1) is 0 Å². The van der Waals surface area contributed by atoms with Gasteiger partial charge in [-0.2, -0.15) is 8.78 Å². The van der Waals surface area contributed by atoms with Gasteiger partial charge in [0.05, 0.1) is 4.90 Å². The van der Waals surface area contributed by atoms with Crippen molar-refractivity contribution >= 4 is 15.7 Å². The molecule has 2 aromatic rings. The van der Waals surface area contributed by atoms with Crippen molar-refractivity contribution in [2.24, 2.45) is 0 Å². The molecule has 1 unspecified atom stereocenters. The topological polar surface area (TPSA) is 58.6 Å². The number of nitrogens with one attached hydrogen (secondary N) is 1. The molecule has 0 amide bonds. The molecule has 1 fully saturated rings. The largest absolute Gasteiger partial charge is 0.435 e. The molecular formula is C21H26F2N2O3S. The maximum atomic E-state index is 12.5. The molecule has 29 heavy (non-hydrogen) atoms. The molecule has 0 bridgehead atoms. The third kappa shape index (κ3) is 5.90. The summed E-state index contributed by atoms with van der Waals surface area (Å²) in [6, 6.07) is 12.3. The fourth-order valence-electron chi connectivity index (χ4n) is 3.68. The predicted molar refractivity (Wildman–Crippen MR) is 109 cm³/mol. The molecule has 0 aliphatic carbocycles. The SMILES string of the molecule is CCCN1CCCC(c2ccc(NS(=O)(=O)c3ccc(OC(F)F)cc3)cc2)C1. The summed E-state index contributed by atoms with van der Waals surface area (Å²) in [6.45, 7) is 2.52. The lowest BCUT2D eigenvalue weighted by Gasteiger charge is -2.32. The quantitative estimate of drug-likeness (QED) is 0.669. The summed E-state index contributed by atoms with van der Waals surface area (Å²) in [5, 5.41) is 0. The van der Waals surface area contributed by atoms with Gasteiger partial charge in [0.25, 0.3) is 10.0 Å². The average molecular weight is 425 g/mol. The molecule has 1 aliphatic heterocycles. The average Bonchev–Trinajstić information content (AvgIpc) is 2.69. The second-order valence-corrected chi connectivity index (χ2v) is 8.90. The Morgan fingerprint density at radius 3 is 2.45 bits per heavy atom. The summed E-state index contributed by atoms with van der Waals surface area (Å²) >= 11 is 0. The molecule has 1 heterocycles. The van der Waals surface area contributed by atoms with Gasteiger partial charge in [0.1, 0.15) is 5.75 Å². The summed E-state index contributed by atoms with van der Waals surface area (Å²) in [6.07, 6.45) is 3.45. The zero-order valence-electron chi connectivity index (χ0n) is 16.4. The minimum Gasteiger partial charge on any atom is -0.435 e. The Morgan fingerprint density at radius 2 is 1.83 bits per heavy atom. The van der Waals surface area contributed by atoms with Gasteiger partial charge in [0, 0.05) is 12.2 Å². The summed E-state index contributed by atoms with van der Waals surface area (Å²) in [5.41, 5.74) is 1.67. The van der Waals surface area contributed by atoms with Crippen LogP contribution < -0.4 is 9.46 Å². The summed E-state index contributed by atoms with van der Waals surface area (Å²) in [4.78, 5) is 2.46. The number of ether oxygens (including phenoxy) is 1. The number of likely N-dealkylation sites (tertiary alicyclic amines) is 1. The highest BCUT2D eigenvalue weighted by molar-refractivity contribution is 7.92. The van der Waals surface area contributed by atoms with Crippen molar-refractivity contribution in [1.82, 2.24) is 4.90 Å². The van der Waals surface area contributed by atoms with Gasteiger partial charge in [-0.3, -0.25) is 4.72 Å². The summed E-state index contributed by atoms with van der Waals surface area (Å²) < 4.78 is 56.3. The summed E-state index contributed by atoms with van der Waals surface area (Å²) in [5.74, 6) is 0.372. The lowest BCUT2D eigenvalue weighted by Crippen LogP contribution is -2.34. The molecule has 0 saturated carbocycles. The molecule has 0 radical (unpaired) electrons. The molecule has 8 heteroatoms. The second kappa shape index (κ2) is 9.54. The third-order valence-electron chi connectivity index (χ3n) is 5.04. The van der Waals surface area contributed by atoms with Crippen LogP contribution in [0.2, 0.25) is 0 Å². The monoisotopic (exact) mass is 424 g/mol. The minimum absolute atomic E-state index is 0.0225. The molecule has 3 rings (SSSR count). The second-order valence-electron chi connectivity index (χ2n) is 7.22. The van der Waals surface area contributed by atoms with Crippen LogP contribution in [0.4, 0.5) is 14.5 Å². The van der Waals surface area contributed by atoms with Crippen molar-refractivity contribution in [3.63, 3.8) is 0 Å². The van der Waals surface area contributed by atoms with Crippen LogP contribution in [0.25, 0.3) is 0 Å². The number of hydrogen-bond acceptors (Lipinski definition) is 4. The Morgan fingerprint density at radius 1 is 1.14 bits per heavy atom. The van der Waals surface area contributed by atoms with Crippen LogP contribution in [-0.4, -0.2) is 39.6 Å². The number of sulfonamides is 1. The fraction of sp³-hybridized carbons (Fsp3) is 0.429. The van der Waals surface area contributed by atoms with E-state index < -0.39 is 16.6 Å². The zero-order valence-corrected chi connectivity index (χ0v) is 17.2. The molecule has 1 atom stereocenters. The predicted octanol–water partition coefficient (Wildman–Crippen LogP) is 4.68. The first-order valence-corrected chi connectivity index (χ1v) is 11.3. The van der Waals surface area contributed by atoms with Crippen LogP contribution in [-0.2, 0) is 10.0 Å². The fourth-order valence-corrected chi connectivity index (χ4v) is 4.74. The molecule has 1 aliphatic rings. The number of benzene rings is 2. The molecular weight excluding hydrogens is 398 g/mol. The molecule has 0 spiro atoms. The van der Waals surface area contributed by atoms with E-state index in [-0.39, 0.29) is 10.6 Å². The standard InChI is InChI=1S/C21H26F2N2O3S/c1-2-13-25-14-3-4-17(15-25)16-5-7-18(8-6-16)24-29(26,27)20-11-9-19(10-12-20)28-21(22)23/h5-12,17,21,24H,2-4,13-15H2,1H3. The van der Waals surface area contributed by atoms with E-state index in [0.29, 0.717) is 11.6 Å². The van der Waals surface area contributed by atoms with Crippen molar-refractivity contribution in [3.8, 4) is 5.75 Å². The number of rotatable bonds is 8. The number of halogens is 2. The first kappa shape index (κ1) is 21.5. The van der Waals surface area contributed by atoms with Crippen molar-refractivity contribution in [3.05, 3.63) is 54.1 Å². The minimum atomic E-state index is -3.81. The normalized spacial score (nSPS) is 18.0. The van der Waals surface area contributed by atoms with E-state index in [1.165, 1.54) is 36.2 Å². The van der Waals surface area contributed by atoms with Gasteiger partial charge >= 0.3 is 6.61 Å². The molecule has 0 aromatic heterocycles. The number of piperidine rings is 1. The smallest absolute Gasteiger partial charge is 0.387 e. The van der Waals surface area contributed by atoms with Gasteiger partial charge in [0.2, 0.25) is 0 Å². The van der Waals surface area contributed by atoms with E-state index >= 15 is 0 Å². The van der Waals surface area contributed by atoms with Crippen molar-refractivity contribution in [1.29, 1.82) is 0 Å². The molecule has 1 N–H and O–H groups in total. The lowest BCUT2D eigenvalue weighted by atomic mass is 9.90. The highest BCUT2D eigenvalue weighted by Gasteiger charge is 2.21. The molecule has 1 saturated heterocycles. The highest BCUT2D eigenvalue weighted by atomic mass is 32.2. The van der Waals surface area contributed by atoms with E-state index in [1.807, 2.05) is 12.1 Å². The van der Waals surface area contributed by atoms with Gasteiger partial charge in [-0.25, -0.2) is 8.42 Å². The van der Waals surface area contributed by atoms with Gasteiger partial charge < -0.3 is 9.64 Å². The first-order chi connectivity index (χ1) is 13.9. The van der Waals surface area contributed by atoms with Crippen LogP contribution >= 0.6 is 0 Å². The Bertz CT molecular complexity index is 885. The molecule has 2 aromatic carbocycles. The van der Waals surface area contributed by atoms with E-state index in [0.717, 1.165) is 32.5 Å². The number of anilines is 1. The lowest BCUT2D eigenvalue weighted by molar-refractivity contribution is -0.0498. The highest BCUT2D eigenvalue weighted by Crippen LogP contribution is 2.28. The number of hydrogen-bond donors (Lipinski definition) is 1. The third-order valence-corrected chi connectivity index (χ3v) is 6.44. The maximum absolute atomic E-state index is 12.5. The Kier molecular flexibility index (Phi) is 7.08. The van der Waals surface area contributed by atoms with Crippen molar-refractivity contribution < 1.29 is 21.9 Å². The zero-order chi connectivity index (χ0) is 20.9. The van der Waals surface area contributed by atoms with Gasteiger partial charge in [-0.05, 0) is 80.2 Å². The van der Waals surface area contributed by atoms with Crippen LogP contribution in [0.15, 0.2) is 53.4 Å². The van der Waals surface area contributed by atoms with Gasteiger partial charge in [-0.1, -0.05) is 19.1 Å².